The third-order valence-corrected chi connectivity index (χ3v) is 7.36. The van der Waals surface area contributed by atoms with Gasteiger partial charge in [-0.15, -0.1) is 11.3 Å². The van der Waals surface area contributed by atoms with Gasteiger partial charge >= 0.3 is 0 Å². The number of H-pyrrole nitrogens is 1. The number of hydrogen-bond acceptors (Lipinski definition) is 4. The molecule has 0 atom stereocenters. The van der Waals surface area contributed by atoms with Crippen molar-refractivity contribution < 1.29 is 4.79 Å². The largest absolute Gasteiger partial charge is 0.348 e. The van der Waals surface area contributed by atoms with Crippen molar-refractivity contribution in [1.82, 2.24) is 10.3 Å². The summed E-state index contributed by atoms with van der Waals surface area (Å²) < 4.78 is 0. The molecule has 0 bridgehead atoms. The average Bonchev–Trinajstić information content (AvgIpc) is 3.03. The molecule has 6 heteroatoms. The first kappa shape index (κ1) is 21.8. The molecule has 1 fully saturated rings. The summed E-state index contributed by atoms with van der Waals surface area (Å²) in [5.74, 6) is 0.708. The predicted octanol–water partition coefficient (Wildman–Crippen LogP) is 4.13. The van der Waals surface area contributed by atoms with Crippen LogP contribution in [0, 0.1) is 26.7 Å². The lowest BCUT2D eigenvalue weighted by Crippen LogP contribution is -2.28. The van der Waals surface area contributed by atoms with Crippen LogP contribution in [0.5, 0.6) is 0 Å². The van der Waals surface area contributed by atoms with E-state index in [0.717, 1.165) is 47.6 Å². The average molecular weight is 416 g/mol. The number of carbonyl (C=O) groups is 1. The lowest BCUT2D eigenvalue weighted by molar-refractivity contribution is 0.0950. The van der Waals surface area contributed by atoms with E-state index in [1.807, 2.05) is 32.2 Å². The summed E-state index contributed by atoms with van der Waals surface area (Å²) in [4.78, 5) is 28.9. The number of carbonyl (C=O) groups excluding carboxylic acids is 1. The Morgan fingerprint density at radius 1 is 1.24 bits per heavy atom. The minimum absolute atomic E-state index is 0.106. The molecule has 5 nitrogen and oxygen atoms in total. The van der Waals surface area contributed by atoms with Crippen molar-refractivity contribution >= 4 is 17.2 Å². The molecule has 2 heterocycles. The highest BCUT2D eigenvalue weighted by atomic mass is 32.1. The van der Waals surface area contributed by atoms with E-state index in [0.29, 0.717) is 11.6 Å². The number of aromatic amines is 1. The summed E-state index contributed by atoms with van der Waals surface area (Å²) in [6.07, 6.45) is 8.29. The molecule has 0 radical (unpaired) electrons. The van der Waals surface area contributed by atoms with Crippen LogP contribution in [0.2, 0.25) is 0 Å². The Hall–Kier alpha value is -1.92. The maximum Gasteiger partial charge on any atom is 0.253 e. The van der Waals surface area contributed by atoms with Gasteiger partial charge in [0.25, 0.3) is 11.5 Å². The number of hydrogen-bond donors (Lipinski definition) is 3. The maximum absolute atomic E-state index is 12.7. The zero-order valence-electron chi connectivity index (χ0n) is 17.8. The molecule has 158 valence electrons. The zero-order chi connectivity index (χ0) is 21.0. The summed E-state index contributed by atoms with van der Waals surface area (Å²) in [7, 11) is 0. The van der Waals surface area contributed by atoms with E-state index < -0.39 is 0 Å². The topological polar surface area (TPSA) is 88.0 Å². The van der Waals surface area contributed by atoms with Crippen LogP contribution in [0.3, 0.4) is 0 Å². The molecular weight excluding hydrogens is 382 g/mol. The first-order valence-electron chi connectivity index (χ1n) is 10.6. The van der Waals surface area contributed by atoms with Crippen molar-refractivity contribution in [2.24, 2.45) is 11.7 Å². The zero-order valence-corrected chi connectivity index (χ0v) is 18.6. The Balaban J connectivity index is 1.53. The van der Waals surface area contributed by atoms with E-state index in [2.05, 4.69) is 10.3 Å². The van der Waals surface area contributed by atoms with Crippen LogP contribution in [-0.2, 0) is 13.0 Å². The highest BCUT2D eigenvalue weighted by Crippen LogP contribution is 2.29. The number of nitrogens with two attached hydrogens (primary N) is 1. The fourth-order valence-electron chi connectivity index (χ4n) is 4.32. The fourth-order valence-corrected chi connectivity index (χ4v) is 5.41. The fraction of sp³-hybridized carbons (Fsp3) is 0.565. The second-order valence-electron chi connectivity index (χ2n) is 8.50. The van der Waals surface area contributed by atoms with Crippen LogP contribution in [0.1, 0.15) is 76.1 Å². The minimum Gasteiger partial charge on any atom is -0.348 e. The van der Waals surface area contributed by atoms with Gasteiger partial charge in [0.15, 0.2) is 0 Å². The molecule has 4 N–H and O–H groups in total. The Labute approximate surface area is 177 Å². The number of rotatable bonds is 7. The normalized spacial score (nSPS) is 19.3. The number of aromatic nitrogens is 1. The van der Waals surface area contributed by atoms with Crippen LogP contribution in [0.4, 0.5) is 0 Å². The SMILES string of the molecule is Cc1cc(C)c(CNC(=O)c2csc(CCCC3CCC(N)CC3)c2C)c(=O)[nH]1. The van der Waals surface area contributed by atoms with Crippen molar-refractivity contribution in [3.05, 3.63) is 54.6 Å². The van der Waals surface area contributed by atoms with Crippen molar-refractivity contribution in [2.75, 3.05) is 0 Å². The first-order chi connectivity index (χ1) is 13.8. The van der Waals surface area contributed by atoms with Crippen LogP contribution >= 0.6 is 11.3 Å². The molecule has 0 aliphatic heterocycles. The second-order valence-corrected chi connectivity index (χ2v) is 9.46. The quantitative estimate of drug-likeness (QED) is 0.635. The molecule has 0 saturated heterocycles. The Bertz CT molecular complexity index is 907. The number of amides is 1. The van der Waals surface area contributed by atoms with Gasteiger partial charge in [0.1, 0.15) is 0 Å². The van der Waals surface area contributed by atoms with Gasteiger partial charge < -0.3 is 16.0 Å². The number of thiophene rings is 1. The predicted molar refractivity (Wildman–Crippen MR) is 120 cm³/mol. The van der Waals surface area contributed by atoms with E-state index in [1.165, 1.54) is 30.6 Å². The van der Waals surface area contributed by atoms with Crippen LogP contribution in [-0.4, -0.2) is 16.9 Å². The molecule has 0 aromatic carbocycles. The molecule has 1 aliphatic rings. The van der Waals surface area contributed by atoms with Crippen LogP contribution < -0.4 is 16.6 Å². The third kappa shape index (κ3) is 5.58. The Kier molecular flexibility index (Phi) is 7.30. The van der Waals surface area contributed by atoms with E-state index in [9.17, 15) is 9.59 Å². The summed E-state index contributed by atoms with van der Waals surface area (Å²) in [5, 5.41) is 4.87. The summed E-state index contributed by atoms with van der Waals surface area (Å²) in [6.45, 7) is 6.03. The molecule has 1 aliphatic carbocycles. The van der Waals surface area contributed by atoms with E-state index >= 15 is 0 Å². The standard InChI is InChI=1S/C23H33N3O2S/c1-14-11-15(2)26-23(28)19(14)12-25-22(27)20-13-29-21(16(20)3)6-4-5-17-7-9-18(24)10-8-17/h11,13,17-18H,4-10,12,24H2,1-3H3,(H,25,27)(H,26,28). The Morgan fingerprint density at radius 3 is 2.66 bits per heavy atom. The Morgan fingerprint density at radius 2 is 1.97 bits per heavy atom. The number of pyridine rings is 1. The third-order valence-electron chi connectivity index (χ3n) is 6.21. The van der Waals surface area contributed by atoms with Gasteiger partial charge in [-0.2, -0.15) is 0 Å². The summed E-state index contributed by atoms with van der Waals surface area (Å²) >= 11 is 1.67. The van der Waals surface area contributed by atoms with Gasteiger partial charge in [0.2, 0.25) is 0 Å². The lowest BCUT2D eigenvalue weighted by Gasteiger charge is -2.25. The molecule has 0 unspecified atom stereocenters. The van der Waals surface area contributed by atoms with E-state index in [4.69, 9.17) is 5.73 Å². The van der Waals surface area contributed by atoms with Crippen molar-refractivity contribution in [3.8, 4) is 0 Å². The van der Waals surface area contributed by atoms with Gasteiger partial charge in [-0.25, -0.2) is 0 Å². The maximum atomic E-state index is 12.7. The second kappa shape index (κ2) is 9.72. The van der Waals surface area contributed by atoms with Gasteiger partial charge in [-0.05, 0) is 82.4 Å². The molecule has 1 amide bonds. The van der Waals surface area contributed by atoms with E-state index in [1.54, 1.807) is 11.3 Å². The molecule has 0 spiro atoms. The highest BCUT2D eigenvalue weighted by Gasteiger charge is 2.19. The summed E-state index contributed by atoms with van der Waals surface area (Å²) in [5.41, 5.74) is 10.0. The van der Waals surface area contributed by atoms with Gasteiger partial charge in [0, 0.05) is 34.1 Å². The van der Waals surface area contributed by atoms with E-state index in [-0.39, 0.29) is 18.0 Å². The molecule has 29 heavy (non-hydrogen) atoms. The molecule has 1 saturated carbocycles. The van der Waals surface area contributed by atoms with Crippen molar-refractivity contribution in [1.29, 1.82) is 0 Å². The first-order valence-corrected chi connectivity index (χ1v) is 11.5. The number of aryl methyl sites for hydroxylation is 3. The smallest absolute Gasteiger partial charge is 0.253 e. The summed E-state index contributed by atoms with van der Waals surface area (Å²) in [6, 6.07) is 2.34. The molecule has 2 aromatic rings. The van der Waals surface area contributed by atoms with Crippen molar-refractivity contribution in [3.63, 3.8) is 0 Å². The van der Waals surface area contributed by atoms with Crippen LogP contribution in [0.15, 0.2) is 16.2 Å². The number of nitrogens with one attached hydrogen (secondary N) is 2. The monoisotopic (exact) mass is 415 g/mol. The van der Waals surface area contributed by atoms with Crippen LogP contribution in [0.25, 0.3) is 0 Å². The van der Waals surface area contributed by atoms with Gasteiger partial charge in [0.05, 0.1) is 5.56 Å². The lowest BCUT2D eigenvalue weighted by atomic mass is 9.83. The molecular formula is C23H33N3O2S. The molecule has 2 aromatic heterocycles. The van der Waals surface area contributed by atoms with Gasteiger partial charge in [-0.3, -0.25) is 9.59 Å². The van der Waals surface area contributed by atoms with Crippen molar-refractivity contribution in [2.45, 2.75) is 78.3 Å². The minimum atomic E-state index is -0.130. The molecule has 3 rings (SSSR count). The van der Waals surface area contributed by atoms with Gasteiger partial charge in [-0.1, -0.05) is 6.42 Å². The highest BCUT2D eigenvalue weighted by molar-refractivity contribution is 7.10.